The van der Waals surface area contributed by atoms with Crippen LogP contribution >= 0.6 is 0 Å². The van der Waals surface area contributed by atoms with Gasteiger partial charge in [0.15, 0.2) is 5.58 Å². The van der Waals surface area contributed by atoms with Crippen LogP contribution in [0.25, 0.3) is 44.5 Å². The molecule has 0 unspecified atom stereocenters. The maximum Gasteiger partial charge on any atom is 0.229 e. The number of phenolic OH excluding ortho intramolecular Hbond substituents is 1. The monoisotopic (exact) mass is 552 g/mol. The fourth-order valence-corrected chi connectivity index (χ4v) is 5.41. The van der Waals surface area contributed by atoms with Gasteiger partial charge in [-0.05, 0) is 57.0 Å². The van der Waals surface area contributed by atoms with Gasteiger partial charge in [0, 0.05) is 22.9 Å². The van der Waals surface area contributed by atoms with Gasteiger partial charge in [-0.2, -0.15) is 0 Å². The molecule has 0 fully saturated rings. The van der Waals surface area contributed by atoms with Crippen LogP contribution in [0.5, 0.6) is 5.75 Å². The number of nitrogens with zero attached hydrogens (tertiary/aromatic N) is 2. The zero-order valence-corrected chi connectivity index (χ0v) is 25.1. The molecule has 0 saturated heterocycles. The van der Waals surface area contributed by atoms with Crippen molar-refractivity contribution in [2.24, 2.45) is 4.99 Å². The normalized spacial score (nSPS) is 12.5. The Morgan fingerprint density at radius 2 is 1.38 bits per heavy atom. The van der Waals surface area contributed by atoms with Crippen LogP contribution in [-0.4, -0.2) is 16.3 Å². The first kappa shape index (κ1) is 27.5. The van der Waals surface area contributed by atoms with Crippen molar-refractivity contribution in [3.8, 4) is 28.3 Å². The summed E-state index contributed by atoms with van der Waals surface area (Å²) in [5.74, 6) is 0.770. The molecule has 0 spiro atoms. The molecule has 5 aromatic carbocycles. The second kappa shape index (κ2) is 10.3. The van der Waals surface area contributed by atoms with Gasteiger partial charge in [-0.3, -0.25) is 4.99 Å². The second-order valence-electron chi connectivity index (χ2n) is 12.9. The maximum atomic E-state index is 11.3. The first-order chi connectivity index (χ1) is 20.0. The van der Waals surface area contributed by atoms with E-state index >= 15 is 0 Å². The Morgan fingerprint density at radius 1 is 0.714 bits per heavy atom. The topological polar surface area (TPSA) is 58.6 Å². The van der Waals surface area contributed by atoms with E-state index < -0.39 is 0 Å². The smallest absolute Gasteiger partial charge is 0.229 e. The highest BCUT2D eigenvalue weighted by Crippen LogP contribution is 2.39. The lowest BCUT2D eigenvalue weighted by molar-refractivity contribution is 0.444. The summed E-state index contributed by atoms with van der Waals surface area (Å²) >= 11 is 0. The Labute approximate surface area is 247 Å². The summed E-state index contributed by atoms with van der Waals surface area (Å²) in [6, 6.07) is 32.8. The fourth-order valence-electron chi connectivity index (χ4n) is 5.41. The molecule has 0 aliphatic carbocycles. The number of fused-ring (bicyclic) bond motifs is 2. The third kappa shape index (κ3) is 5.09. The molecule has 42 heavy (non-hydrogen) atoms. The molecule has 0 amide bonds. The number of hydrogen-bond donors (Lipinski definition) is 1. The molecule has 0 aliphatic heterocycles. The molecule has 1 N–H and O–H groups in total. The standard InChI is InChI=1S/C38H36N2O2/c1-37(2,3)26-21-25(35(41)31(22-26)38(4,5)6)23-39-32-19-10-9-16-30(32)36-40-34-29(18-12-20-33(34)42-36)28-17-11-14-24-13-7-8-15-27(24)28/h7-23,41H,1-6H3. The van der Waals surface area contributed by atoms with Gasteiger partial charge < -0.3 is 9.52 Å². The number of oxazole rings is 1. The van der Waals surface area contributed by atoms with Gasteiger partial charge in [-0.15, -0.1) is 0 Å². The van der Waals surface area contributed by atoms with Gasteiger partial charge in [0.25, 0.3) is 0 Å². The van der Waals surface area contributed by atoms with E-state index in [1.54, 1.807) is 6.21 Å². The van der Waals surface area contributed by atoms with Crippen molar-refractivity contribution in [2.45, 2.75) is 52.4 Å². The molecule has 6 aromatic rings. The number of aliphatic imine (C=N–C) groups is 1. The van der Waals surface area contributed by atoms with Crippen LogP contribution in [0.1, 0.15) is 58.2 Å². The highest BCUT2D eigenvalue weighted by molar-refractivity contribution is 6.03. The van der Waals surface area contributed by atoms with Crippen LogP contribution in [0.3, 0.4) is 0 Å². The molecule has 6 rings (SSSR count). The third-order valence-corrected chi connectivity index (χ3v) is 7.79. The average molecular weight is 553 g/mol. The van der Waals surface area contributed by atoms with E-state index in [0.717, 1.165) is 38.9 Å². The van der Waals surface area contributed by atoms with Crippen LogP contribution < -0.4 is 0 Å². The molecule has 0 saturated carbocycles. The molecular formula is C38H36N2O2. The molecular weight excluding hydrogens is 516 g/mol. The lowest BCUT2D eigenvalue weighted by atomic mass is 9.79. The number of phenols is 1. The summed E-state index contributed by atoms with van der Waals surface area (Å²) in [6.07, 6.45) is 1.75. The first-order valence-corrected chi connectivity index (χ1v) is 14.4. The maximum absolute atomic E-state index is 11.3. The summed E-state index contributed by atoms with van der Waals surface area (Å²) in [4.78, 5) is 9.87. The summed E-state index contributed by atoms with van der Waals surface area (Å²) < 4.78 is 6.34. The number of benzene rings is 5. The Morgan fingerprint density at radius 3 is 2.17 bits per heavy atom. The Bertz CT molecular complexity index is 1960. The molecule has 0 radical (unpaired) electrons. The van der Waals surface area contributed by atoms with Gasteiger partial charge >= 0.3 is 0 Å². The first-order valence-electron chi connectivity index (χ1n) is 14.4. The second-order valence-corrected chi connectivity index (χ2v) is 12.9. The van der Waals surface area contributed by atoms with Gasteiger partial charge in [0.2, 0.25) is 5.89 Å². The van der Waals surface area contributed by atoms with Crippen molar-refractivity contribution in [3.63, 3.8) is 0 Å². The molecule has 1 heterocycles. The lowest BCUT2D eigenvalue weighted by Crippen LogP contribution is -2.17. The van der Waals surface area contributed by atoms with Crippen molar-refractivity contribution >= 4 is 33.8 Å². The highest BCUT2D eigenvalue weighted by atomic mass is 16.3. The zero-order valence-electron chi connectivity index (χ0n) is 25.1. The van der Waals surface area contributed by atoms with E-state index in [1.807, 2.05) is 42.5 Å². The molecule has 0 bridgehead atoms. The van der Waals surface area contributed by atoms with E-state index in [9.17, 15) is 5.11 Å². The number of para-hydroxylation sites is 2. The zero-order chi connectivity index (χ0) is 29.6. The van der Waals surface area contributed by atoms with E-state index in [0.29, 0.717) is 17.1 Å². The van der Waals surface area contributed by atoms with Crippen LogP contribution in [0.2, 0.25) is 0 Å². The van der Waals surface area contributed by atoms with Crippen molar-refractivity contribution in [2.75, 3.05) is 0 Å². The quantitative estimate of drug-likeness (QED) is 0.221. The van der Waals surface area contributed by atoms with Crippen molar-refractivity contribution in [3.05, 3.63) is 114 Å². The lowest BCUT2D eigenvalue weighted by Gasteiger charge is -2.27. The molecule has 210 valence electrons. The molecule has 4 nitrogen and oxygen atoms in total. The van der Waals surface area contributed by atoms with E-state index in [-0.39, 0.29) is 16.6 Å². The summed E-state index contributed by atoms with van der Waals surface area (Å²) in [5.41, 5.74) is 7.65. The van der Waals surface area contributed by atoms with Crippen molar-refractivity contribution in [1.29, 1.82) is 0 Å². The fraction of sp³-hybridized carbons (Fsp3) is 0.211. The number of aromatic nitrogens is 1. The van der Waals surface area contributed by atoms with Crippen LogP contribution in [-0.2, 0) is 10.8 Å². The van der Waals surface area contributed by atoms with Crippen LogP contribution in [0.15, 0.2) is 106 Å². The van der Waals surface area contributed by atoms with E-state index in [1.165, 1.54) is 10.8 Å². The van der Waals surface area contributed by atoms with Crippen molar-refractivity contribution in [1.82, 2.24) is 4.98 Å². The minimum absolute atomic E-state index is 0.0752. The average Bonchev–Trinajstić information content (AvgIpc) is 3.40. The summed E-state index contributed by atoms with van der Waals surface area (Å²) in [5, 5.41) is 13.6. The predicted molar refractivity (Wildman–Crippen MR) is 175 cm³/mol. The van der Waals surface area contributed by atoms with Gasteiger partial charge in [0.1, 0.15) is 11.3 Å². The Balaban J connectivity index is 1.45. The van der Waals surface area contributed by atoms with Gasteiger partial charge in [0.05, 0.1) is 11.3 Å². The minimum atomic E-state index is -0.216. The van der Waals surface area contributed by atoms with E-state index in [4.69, 9.17) is 14.4 Å². The van der Waals surface area contributed by atoms with Gasteiger partial charge in [-0.1, -0.05) is 114 Å². The Hall–Kier alpha value is -4.70. The number of rotatable bonds is 4. The number of hydrogen-bond acceptors (Lipinski definition) is 4. The Kier molecular flexibility index (Phi) is 6.73. The SMILES string of the molecule is CC(C)(C)c1cc(C=Nc2ccccc2-c2nc3c(-c4cccc5ccccc45)cccc3o2)c(O)c(C(C)(C)C)c1. The summed E-state index contributed by atoms with van der Waals surface area (Å²) in [6.45, 7) is 12.9. The molecule has 1 aromatic heterocycles. The van der Waals surface area contributed by atoms with Gasteiger partial charge in [-0.25, -0.2) is 4.98 Å². The number of aromatic hydroxyl groups is 1. The minimum Gasteiger partial charge on any atom is -0.507 e. The largest absolute Gasteiger partial charge is 0.507 e. The molecule has 0 aliphatic rings. The van der Waals surface area contributed by atoms with E-state index in [2.05, 4.69) is 96.1 Å². The highest BCUT2D eigenvalue weighted by Gasteiger charge is 2.24. The molecule has 4 heteroatoms. The van der Waals surface area contributed by atoms with Crippen molar-refractivity contribution < 1.29 is 9.52 Å². The van der Waals surface area contributed by atoms with Crippen LogP contribution in [0, 0.1) is 0 Å². The van der Waals surface area contributed by atoms with Crippen LogP contribution in [0.4, 0.5) is 5.69 Å². The predicted octanol–water partition coefficient (Wildman–Crippen LogP) is 10.4. The summed E-state index contributed by atoms with van der Waals surface area (Å²) in [7, 11) is 0. The molecule has 0 atom stereocenters. The third-order valence-electron chi connectivity index (χ3n) is 7.79.